The lowest BCUT2D eigenvalue weighted by Crippen LogP contribution is -2.25. The zero-order chi connectivity index (χ0) is 12.6. The van der Waals surface area contributed by atoms with E-state index < -0.39 is 10.0 Å². The SMILES string of the molecule is CCCOCCCNS(=O)(=O)c1ccccc1. The maximum absolute atomic E-state index is 11.8. The molecule has 0 aliphatic carbocycles. The van der Waals surface area contributed by atoms with Gasteiger partial charge in [0, 0.05) is 19.8 Å². The van der Waals surface area contributed by atoms with Crippen molar-refractivity contribution in [1.29, 1.82) is 0 Å². The van der Waals surface area contributed by atoms with Gasteiger partial charge < -0.3 is 4.74 Å². The van der Waals surface area contributed by atoms with E-state index in [0.29, 0.717) is 24.5 Å². The largest absolute Gasteiger partial charge is 0.381 e. The molecule has 0 fully saturated rings. The molecule has 0 unspecified atom stereocenters. The minimum absolute atomic E-state index is 0.300. The van der Waals surface area contributed by atoms with Gasteiger partial charge in [-0.2, -0.15) is 0 Å². The summed E-state index contributed by atoms with van der Waals surface area (Å²) in [5, 5.41) is 0. The normalized spacial score (nSPS) is 11.6. The zero-order valence-electron chi connectivity index (χ0n) is 10.1. The molecule has 1 aromatic rings. The molecule has 1 N–H and O–H groups in total. The second-order valence-electron chi connectivity index (χ2n) is 3.68. The van der Waals surface area contributed by atoms with Crippen LogP contribution in [0.3, 0.4) is 0 Å². The highest BCUT2D eigenvalue weighted by Crippen LogP contribution is 2.06. The number of rotatable bonds is 8. The van der Waals surface area contributed by atoms with Gasteiger partial charge in [-0.1, -0.05) is 25.1 Å². The van der Waals surface area contributed by atoms with E-state index in [1.165, 1.54) is 0 Å². The second kappa shape index (κ2) is 7.42. The summed E-state index contributed by atoms with van der Waals surface area (Å²) < 4.78 is 31.4. The Bertz CT molecular complexity index is 403. The predicted octanol–water partition coefficient (Wildman–Crippen LogP) is 1.78. The standard InChI is InChI=1S/C12H19NO3S/c1-2-10-16-11-6-9-13-17(14,15)12-7-4-3-5-8-12/h3-5,7-8,13H,2,6,9-11H2,1H3. The van der Waals surface area contributed by atoms with Crippen molar-refractivity contribution >= 4 is 10.0 Å². The Morgan fingerprint density at radius 3 is 2.53 bits per heavy atom. The molecule has 0 saturated heterocycles. The van der Waals surface area contributed by atoms with E-state index in [1.807, 2.05) is 6.92 Å². The maximum atomic E-state index is 11.8. The maximum Gasteiger partial charge on any atom is 0.240 e. The van der Waals surface area contributed by atoms with Gasteiger partial charge in [-0.15, -0.1) is 0 Å². The fourth-order valence-electron chi connectivity index (χ4n) is 1.31. The molecular weight excluding hydrogens is 238 g/mol. The van der Waals surface area contributed by atoms with Crippen LogP contribution in [-0.2, 0) is 14.8 Å². The van der Waals surface area contributed by atoms with Crippen LogP contribution in [0.2, 0.25) is 0 Å². The van der Waals surface area contributed by atoms with Gasteiger partial charge in [0.2, 0.25) is 10.0 Å². The Morgan fingerprint density at radius 1 is 1.18 bits per heavy atom. The van der Waals surface area contributed by atoms with Gasteiger partial charge in [0.15, 0.2) is 0 Å². The first-order valence-electron chi connectivity index (χ1n) is 5.79. The summed E-state index contributed by atoms with van der Waals surface area (Å²) >= 11 is 0. The van der Waals surface area contributed by atoms with E-state index in [4.69, 9.17) is 4.74 Å². The lowest BCUT2D eigenvalue weighted by molar-refractivity contribution is 0.133. The third-order valence-corrected chi connectivity index (χ3v) is 3.64. The van der Waals surface area contributed by atoms with Crippen molar-refractivity contribution in [2.45, 2.75) is 24.7 Å². The first-order valence-corrected chi connectivity index (χ1v) is 7.27. The molecule has 0 radical (unpaired) electrons. The quantitative estimate of drug-likeness (QED) is 0.722. The van der Waals surface area contributed by atoms with Crippen LogP contribution in [0.25, 0.3) is 0 Å². The van der Waals surface area contributed by atoms with E-state index in [1.54, 1.807) is 30.3 Å². The zero-order valence-corrected chi connectivity index (χ0v) is 10.9. The molecule has 17 heavy (non-hydrogen) atoms. The van der Waals surface area contributed by atoms with E-state index in [9.17, 15) is 8.42 Å². The van der Waals surface area contributed by atoms with Crippen LogP contribution in [0, 0.1) is 0 Å². The third kappa shape index (κ3) is 5.30. The van der Waals surface area contributed by atoms with Crippen LogP contribution in [0.15, 0.2) is 35.2 Å². The van der Waals surface area contributed by atoms with Gasteiger partial charge in [-0.05, 0) is 25.0 Å². The Hall–Kier alpha value is -0.910. The van der Waals surface area contributed by atoms with Crippen molar-refractivity contribution in [2.75, 3.05) is 19.8 Å². The average Bonchev–Trinajstić information content (AvgIpc) is 2.35. The molecule has 96 valence electrons. The number of sulfonamides is 1. The van der Waals surface area contributed by atoms with Crippen LogP contribution in [0.5, 0.6) is 0 Å². The number of hydrogen-bond donors (Lipinski definition) is 1. The van der Waals surface area contributed by atoms with Crippen LogP contribution >= 0.6 is 0 Å². The minimum atomic E-state index is -3.36. The molecule has 1 rings (SSSR count). The minimum Gasteiger partial charge on any atom is -0.381 e. The van der Waals surface area contributed by atoms with Gasteiger partial charge in [0.25, 0.3) is 0 Å². The Labute approximate surface area is 103 Å². The molecule has 1 aromatic carbocycles. The van der Waals surface area contributed by atoms with Gasteiger partial charge in [0.05, 0.1) is 4.90 Å². The van der Waals surface area contributed by atoms with E-state index in [2.05, 4.69) is 4.72 Å². The highest BCUT2D eigenvalue weighted by molar-refractivity contribution is 7.89. The number of nitrogens with one attached hydrogen (secondary N) is 1. The van der Waals surface area contributed by atoms with Crippen LogP contribution < -0.4 is 4.72 Å². The third-order valence-electron chi connectivity index (χ3n) is 2.16. The number of ether oxygens (including phenoxy) is 1. The molecule has 0 aliphatic rings. The summed E-state index contributed by atoms with van der Waals surface area (Å²) in [7, 11) is -3.36. The number of hydrogen-bond acceptors (Lipinski definition) is 3. The Kier molecular flexibility index (Phi) is 6.18. The monoisotopic (exact) mass is 257 g/mol. The molecule has 0 spiro atoms. The molecule has 0 aliphatic heterocycles. The molecule has 0 heterocycles. The van der Waals surface area contributed by atoms with Crippen molar-refractivity contribution in [3.8, 4) is 0 Å². The fraction of sp³-hybridized carbons (Fsp3) is 0.500. The molecule has 0 saturated carbocycles. The van der Waals surface area contributed by atoms with Gasteiger partial charge >= 0.3 is 0 Å². The van der Waals surface area contributed by atoms with Crippen molar-refractivity contribution < 1.29 is 13.2 Å². The lowest BCUT2D eigenvalue weighted by Gasteiger charge is -2.06. The van der Waals surface area contributed by atoms with Crippen molar-refractivity contribution in [3.05, 3.63) is 30.3 Å². The molecule has 5 heteroatoms. The summed E-state index contributed by atoms with van der Waals surface area (Å²) in [6.07, 6.45) is 1.67. The first-order chi connectivity index (χ1) is 8.17. The Balaban J connectivity index is 2.31. The molecule has 0 bridgehead atoms. The lowest BCUT2D eigenvalue weighted by atomic mass is 10.4. The predicted molar refractivity (Wildman–Crippen MR) is 67.4 cm³/mol. The van der Waals surface area contributed by atoms with E-state index in [0.717, 1.165) is 13.0 Å². The average molecular weight is 257 g/mol. The van der Waals surface area contributed by atoms with Crippen LogP contribution in [0.1, 0.15) is 19.8 Å². The molecule has 0 atom stereocenters. The molecule has 4 nitrogen and oxygen atoms in total. The highest BCUT2D eigenvalue weighted by atomic mass is 32.2. The molecular formula is C12H19NO3S. The summed E-state index contributed by atoms with van der Waals surface area (Å²) in [4.78, 5) is 0.300. The van der Waals surface area contributed by atoms with Crippen molar-refractivity contribution in [2.24, 2.45) is 0 Å². The summed E-state index contributed by atoms with van der Waals surface area (Å²) in [6.45, 7) is 3.76. The summed E-state index contributed by atoms with van der Waals surface area (Å²) in [5.74, 6) is 0. The fourth-order valence-corrected chi connectivity index (χ4v) is 2.41. The van der Waals surface area contributed by atoms with Gasteiger partial charge in [-0.25, -0.2) is 13.1 Å². The number of benzene rings is 1. The second-order valence-corrected chi connectivity index (χ2v) is 5.44. The smallest absolute Gasteiger partial charge is 0.240 e. The highest BCUT2D eigenvalue weighted by Gasteiger charge is 2.11. The topological polar surface area (TPSA) is 55.4 Å². The molecule has 0 amide bonds. The summed E-state index contributed by atoms with van der Waals surface area (Å²) in [5.41, 5.74) is 0. The van der Waals surface area contributed by atoms with Gasteiger partial charge in [0.1, 0.15) is 0 Å². The van der Waals surface area contributed by atoms with Gasteiger partial charge in [-0.3, -0.25) is 0 Å². The van der Waals surface area contributed by atoms with E-state index in [-0.39, 0.29) is 0 Å². The Morgan fingerprint density at radius 2 is 1.88 bits per heavy atom. The summed E-state index contributed by atoms with van der Waals surface area (Å²) in [6, 6.07) is 8.36. The van der Waals surface area contributed by atoms with Crippen LogP contribution in [-0.4, -0.2) is 28.2 Å². The van der Waals surface area contributed by atoms with E-state index >= 15 is 0 Å². The van der Waals surface area contributed by atoms with Crippen LogP contribution in [0.4, 0.5) is 0 Å². The molecule has 0 aromatic heterocycles. The van der Waals surface area contributed by atoms with Crippen molar-refractivity contribution in [3.63, 3.8) is 0 Å². The van der Waals surface area contributed by atoms with Crippen molar-refractivity contribution in [1.82, 2.24) is 4.72 Å². The first kappa shape index (κ1) is 14.2.